The molecule has 0 saturated heterocycles. The van der Waals surface area contributed by atoms with Crippen LogP contribution < -0.4 is 4.74 Å². The number of hydrogen-bond donors (Lipinski definition) is 3. The molecule has 1 aliphatic carbocycles. The zero-order valence-electron chi connectivity index (χ0n) is 18.2. The van der Waals surface area contributed by atoms with Gasteiger partial charge in [-0.05, 0) is 49.5 Å². The number of aliphatic carboxylic acids is 1. The van der Waals surface area contributed by atoms with Gasteiger partial charge >= 0.3 is 5.97 Å². The molecule has 5 heteroatoms. The number of aryl methyl sites for hydroxylation is 1. The van der Waals surface area contributed by atoms with Crippen molar-refractivity contribution in [3.8, 4) is 17.6 Å². The van der Waals surface area contributed by atoms with Gasteiger partial charge < -0.3 is 20.1 Å². The third-order valence-corrected chi connectivity index (χ3v) is 6.83. The van der Waals surface area contributed by atoms with E-state index in [4.69, 9.17) is 9.84 Å². The smallest absolute Gasteiger partial charge is 0.303 e. The molecule has 1 heterocycles. The van der Waals surface area contributed by atoms with Crippen LogP contribution >= 0.6 is 0 Å². The average Bonchev–Trinajstić information content (AvgIpc) is 3.21. The van der Waals surface area contributed by atoms with Crippen molar-refractivity contribution in [2.24, 2.45) is 17.8 Å². The van der Waals surface area contributed by atoms with E-state index in [0.29, 0.717) is 25.7 Å². The van der Waals surface area contributed by atoms with Gasteiger partial charge in [0.25, 0.3) is 0 Å². The maximum absolute atomic E-state index is 10.8. The number of carbonyl (C=O) groups is 1. The summed E-state index contributed by atoms with van der Waals surface area (Å²) in [5.74, 6) is 6.35. The highest BCUT2D eigenvalue weighted by Crippen LogP contribution is 2.53. The lowest BCUT2D eigenvalue weighted by Crippen LogP contribution is -2.30. The van der Waals surface area contributed by atoms with E-state index < -0.39 is 18.2 Å². The average molecular weight is 415 g/mol. The number of ether oxygens (including phenoxy) is 1. The Bertz CT molecular complexity index is 807. The van der Waals surface area contributed by atoms with E-state index in [1.54, 1.807) is 0 Å². The molecule has 1 aliphatic heterocycles. The van der Waals surface area contributed by atoms with Crippen molar-refractivity contribution in [1.29, 1.82) is 0 Å². The second kappa shape index (κ2) is 9.85. The van der Waals surface area contributed by atoms with Crippen molar-refractivity contribution in [2.45, 2.75) is 83.5 Å². The third-order valence-electron chi connectivity index (χ3n) is 6.83. The molecule has 0 bridgehead atoms. The first-order chi connectivity index (χ1) is 14.3. The molecule has 0 radical (unpaired) electrons. The van der Waals surface area contributed by atoms with Crippen molar-refractivity contribution >= 4 is 5.97 Å². The summed E-state index contributed by atoms with van der Waals surface area (Å²) in [6.07, 6.45) is 2.46. The molecule has 0 amide bonds. The summed E-state index contributed by atoms with van der Waals surface area (Å²) in [6.45, 7) is 5.89. The number of carboxylic acids is 1. The quantitative estimate of drug-likeness (QED) is 0.536. The Kier molecular flexibility index (Phi) is 7.44. The van der Waals surface area contributed by atoms with Crippen LogP contribution in [0.2, 0.25) is 0 Å². The number of benzene rings is 1. The van der Waals surface area contributed by atoms with E-state index in [-0.39, 0.29) is 36.2 Å². The number of rotatable bonds is 9. The van der Waals surface area contributed by atoms with E-state index in [9.17, 15) is 15.0 Å². The molecule has 3 N–H and O–H groups in total. The van der Waals surface area contributed by atoms with Gasteiger partial charge in [-0.15, -0.1) is 11.8 Å². The lowest BCUT2D eigenvalue weighted by atomic mass is 9.78. The second-order valence-corrected chi connectivity index (χ2v) is 9.04. The van der Waals surface area contributed by atoms with Gasteiger partial charge in [-0.2, -0.15) is 0 Å². The van der Waals surface area contributed by atoms with Gasteiger partial charge in [-0.25, -0.2) is 0 Å². The standard InChI is InChI=1S/C25H34O5/c1-4-5-8-15(2)24(29)16(3)13-19-20(26)14-21-23(19)18-11-6-9-17(25(18)30-21)10-7-12-22(27)28/h6,9,11,15-16,19-21,23-24,26,29H,7-8,10,12-14H2,1-3H3,(H,27,28)/t15?,16?,19-,20+,21-,23+,24-/m0/s1. The fourth-order valence-corrected chi connectivity index (χ4v) is 5.23. The predicted molar refractivity (Wildman–Crippen MR) is 115 cm³/mol. The van der Waals surface area contributed by atoms with Gasteiger partial charge in [0.15, 0.2) is 0 Å². The van der Waals surface area contributed by atoms with E-state index in [1.807, 2.05) is 26.0 Å². The minimum absolute atomic E-state index is 0.0413. The van der Waals surface area contributed by atoms with Gasteiger partial charge in [0, 0.05) is 30.7 Å². The fourth-order valence-electron chi connectivity index (χ4n) is 5.23. The Morgan fingerprint density at radius 1 is 1.30 bits per heavy atom. The largest absolute Gasteiger partial charge is 0.489 e. The van der Waals surface area contributed by atoms with Crippen LogP contribution in [0.25, 0.3) is 0 Å². The van der Waals surface area contributed by atoms with Crippen LogP contribution in [-0.2, 0) is 11.2 Å². The lowest BCUT2D eigenvalue weighted by Gasteiger charge is -2.29. The van der Waals surface area contributed by atoms with Gasteiger partial charge in [0.2, 0.25) is 0 Å². The molecule has 2 unspecified atom stereocenters. The summed E-state index contributed by atoms with van der Waals surface area (Å²) in [7, 11) is 0. The third kappa shape index (κ3) is 4.82. The summed E-state index contributed by atoms with van der Waals surface area (Å²) in [6, 6.07) is 6.09. The normalized spacial score (nSPS) is 27.2. The molecular weight excluding hydrogens is 380 g/mol. The van der Waals surface area contributed by atoms with E-state index in [2.05, 4.69) is 24.8 Å². The minimum atomic E-state index is -0.782. The number of hydrogen-bond acceptors (Lipinski definition) is 4. The number of fused-ring (bicyclic) bond motifs is 3. The first-order valence-electron chi connectivity index (χ1n) is 11.1. The van der Waals surface area contributed by atoms with Crippen LogP contribution in [-0.4, -0.2) is 39.6 Å². The molecule has 0 aromatic heterocycles. The van der Waals surface area contributed by atoms with Crippen LogP contribution in [0.1, 0.15) is 69.9 Å². The molecule has 5 nitrogen and oxygen atoms in total. The van der Waals surface area contributed by atoms with Crippen molar-refractivity contribution < 1.29 is 24.9 Å². The van der Waals surface area contributed by atoms with E-state index in [0.717, 1.165) is 23.3 Å². The molecule has 164 valence electrons. The molecule has 0 spiro atoms. The first-order valence-corrected chi connectivity index (χ1v) is 11.1. The maximum atomic E-state index is 10.8. The minimum Gasteiger partial charge on any atom is -0.489 e. The monoisotopic (exact) mass is 414 g/mol. The molecule has 1 fully saturated rings. The van der Waals surface area contributed by atoms with Crippen molar-refractivity contribution in [3.63, 3.8) is 0 Å². The lowest BCUT2D eigenvalue weighted by molar-refractivity contribution is -0.137. The Morgan fingerprint density at radius 2 is 2.07 bits per heavy atom. The van der Waals surface area contributed by atoms with Crippen LogP contribution in [0.3, 0.4) is 0 Å². The maximum Gasteiger partial charge on any atom is 0.303 e. The van der Waals surface area contributed by atoms with Gasteiger partial charge in [0.05, 0.1) is 12.2 Å². The van der Waals surface area contributed by atoms with Crippen molar-refractivity contribution in [3.05, 3.63) is 29.3 Å². The van der Waals surface area contributed by atoms with Crippen molar-refractivity contribution in [2.75, 3.05) is 0 Å². The Hall–Kier alpha value is -2.03. The molecule has 1 saturated carbocycles. The van der Waals surface area contributed by atoms with Crippen LogP contribution in [0, 0.1) is 29.6 Å². The molecule has 1 aromatic carbocycles. The summed E-state index contributed by atoms with van der Waals surface area (Å²) < 4.78 is 6.27. The van der Waals surface area contributed by atoms with Gasteiger partial charge in [0.1, 0.15) is 11.9 Å². The topological polar surface area (TPSA) is 87.0 Å². The fraction of sp³-hybridized carbons (Fsp3) is 0.640. The number of aliphatic hydroxyl groups excluding tert-OH is 2. The number of para-hydroxylation sites is 1. The summed E-state index contributed by atoms with van der Waals surface area (Å²) in [5, 5.41) is 30.4. The highest BCUT2D eigenvalue weighted by Gasteiger charge is 2.50. The highest BCUT2D eigenvalue weighted by atomic mass is 16.5. The molecule has 3 rings (SSSR count). The Morgan fingerprint density at radius 3 is 2.77 bits per heavy atom. The van der Waals surface area contributed by atoms with Crippen LogP contribution in [0.15, 0.2) is 18.2 Å². The molecule has 30 heavy (non-hydrogen) atoms. The molecular formula is C25H34O5. The molecule has 2 aliphatic rings. The SMILES string of the molecule is CC#CCC(C)[C@H](O)C(C)C[C@@H]1[C@H]2c3cccc(CCCC(=O)O)c3O[C@H]2C[C@H]1O. The van der Waals surface area contributed by atoms with Crippen molar-refractivity contribution in [1.82, 2.24) is 0 Å². The Labute approximate surface area is 179 Å². The number of aliphatic hydroxyl groups is 2. The zero-order chi connectivity index (χ0) is 21.8. The predicted octanol–water partition coefficient (Wildman–Crippen LogP) is 3.76. The summed E-state index contributed by atoms with van der Waals surface area (Å²) in [5.41, 5.74) is 2.18. The van der Waals surface area contributed by atoms with Crippen LogP contribution in [0.5, 0.6) is 5.75 Å². The second-order valence-electron chi connectivity index (χ2n) is 9.04. The zero-order valence-corrected chi connectivity index (χ0v) is 18.2. The molecule has 1 aromatic rings. The van der Waals surface area contributed by atoms with E-state index in [1.165, 1.54) is 0 Å². The van der Waals surface area contributed by atoms with Gasteiger partial charge in [-0.1, -0.05) is 32.0 Å². The highest BCUT2D eigenvalue weighted by molar-refractivity contribution is 5.66. The van der Waals surface area contributed by atoms with E-state index >= 15 is 0 Å². The van der Waals surface area contributed by atoms with Gasteiger partial charge in [-0.3, -0.25) is 4.79 Å². The Balaban J connectivity index is 1.73. The van der Waals surface area contributed by atoms with Crippen LogP contribution in [0.4, 0.5) is 0 Å². The first kappa shape index (κ1) is 22.7. The summed E-state index contributed by atoms with van der Waals surface area (Å²) >= 11 is 0. The molecule has 7 atom stereocenters. The number of carboxylic acid groups (broad SMARTS) is 1. The summed E-state index contributed by atoms with van der Waals surface area (Å²) in [4.78, 5) is 10.8.